The number of rotatable bonds is 8. The number of pyridine rings is 1. The number of amides is 1. The molecule has 2 aromatic heterocycles. The quantitative estimate of drug-likeness (QED) is 0.262. The standard InChI is InChI=1S/C29H29ClF3N3O2/c1-18(35-27(37)28(2,3)38-26-13-10-20(17-34-26)29(31,32)33)24(16-19-8-11-21(30)12-9-19)22-6-5-7-25-23(22)14-15-36(25)4/h5-15,17-18,24H,16H2,1-4H3,(H,35,37). The van der Waals surface area contributed by atoms with Crippen LogP contribution < -0.4 is 10.1 Å². The van der Waals surface area contributed by atoms with E-state index in [1.54, 1.807) is 13.8 Å². The van der Waals surface area contributed by atoms with E-state index < -0.39 is 23.2 Å². The molecule has 5 nitrogen and oxygen atoms in total. The molecule has 0 bridgehead atoms. The van der Waals surface area contributed by atoms with Gasteiger partial charge in [-0.25, -0.2) is 4.98 Å². The van der Waals surface area contributed by atoms with Crippen LogP contribution in [-0.2, 0) is 24.4 Å². The number of halogens is 4. The maximum absolute atomic E-state index is 13.3. The number of aromatic nitrogens is 2. The molecule has 0 aliphatic heterocycles. The summed E-state index contributed by atoms with van der Waals surface area (Å²) >= 11 is 6.09. The number of aryl methyl sites for hydroxylation is 1. The van der Waals surface area contributed by atoms with Crippen molar-refractivity contribution in [2.45, 2.75) is 50.9 Å². The molecule has 0 aliphatic rings. The van der Waals surface area contributed by atoms with Crippen molar-refractivity contribution in [2.24, 2.45) is 7.05 Å². The molecule has 1 amide bonds. The third-order valence-electron chi connectivity index (χ3n) is 6.66. The second kappa shape index (κ2) is 10.7. The number of nitrogens with zero attached hydrogens (tertiary/aromatic N) is 2. The second-order valence-electron chi connectivity index (χ2n) is 9.90. The van der Waals surface area contributed by atoms with Gasteiger partial charge in [0.1, 0.15) is 0 Å². The monoisotopic (exact) mass is 543 g/mol. The van der Waals surface area contributed by atoms with Gasteiger partial charge >= 0.3 is 6.18 Å². The molecule has 0 aliphatic carbocycles. The lowest BCUT2D eigenvalue weighted by molar-refractivity contribution is -0.138. The van der Waals surface area contributed by atoms with E-state index in [-0.39, 0.29) is 17.8 Å². The largest absolute Gasteiger partial charge is 0.462 e. The average Bonchev–Trinajstić information content (AvgIpc) is 3.24. The Labute approximate surface area is 224 Å². The normalized spacial score (nSPS) is 13.8. The fourth-order valence-electron chi connectivity index (χ4n) is 4.48. The third-order valence-corrected chi connectivity index (χ3v) is 6.91. The molecule has 9 heteroatoms. The summed E-state index contributed by atoms with van der Waals surface area (Å²) in [5, 5.41) is 4.82. The van der Waals surface area contributed by atoms with Gasteiger partial charge in [-0.05, 0) is 68.7 Å². The van der Waals surface area contributed by atoms with Gasteiger partial charge in [-0.1, -0.05) is 35.9 Å². The van der Waals surface area contributed by atoms with Crippen molar-refractivity contribution < 1.29 is 22.7 Å². The van der Waals surface area contributed by atoms with E-state index in [1.165, 1.54) is 0 Å². The van der Waals surface area contributed by atoms with Crippen LogP contribution in [0.5, 0.6) is 5.88 Å². The van der Waals surface area contributed by atoms with Crippen LogP contribution in [-0.4, -0.2) is 27.1 Å². The molecule has 2 unspecified atom stereocenters. The van der Waals surface area contributed by atoms with Crippen LogP contribution in [0.1, 0.15) is 43.4 Å². The number of carbonyl (C=O) groups is 1. The number of carbonyl (C=O) groups excluding carboxylic acids is 1. The fourth-order valence-corrected chi connectivity index (χ4v) is 4.60. The molecule has 0 radical (unpaired) electrons. The van der Waals surface area contributed by atoms with Crippen molar-refractivity contribution in [1.82, 2.24) is 14.9 Å². The van der Waals surface area contributed by atoms with Crippen molar-refractivity contribution in [3.8, 4) is 5.88 Å². The van der Waals surface area contributed by atoms with Gasteiger partial charge in [-0.3, -0.25) is 4.79 Å². The van der Waals surface area contributed by atoms with Crippen molar-refractivity contribution in [2.75, 3.05) is 0 Å². The van der Waals surface area contributed by atoms with Crippen LogP contribution in [0, 0.1) is 0 Å². The van der Waals surface area contributed by atoms with Gasteiger partial charge in [-0.2, -0.15) is 13.2 Å². The van der Waals surface area contributed by atoms with Gasteiger partial charge in [0.2, 0.25) is 5.88 Å². The third kappa shape index (κ3) is 6.13. The summed E-state index contributed by atoms with van der Waals surface area (Å²) in [6, 6.07) is 17.5. The maximum atomic E-state index is 13.3. The zero-order valence-electron chi connectivity index (χ0n) is 21.5. The van der Waals surface area contributed by atoms with E-state index in [0.717, 1.165) is 34.2 Å². The summed E-state index contributed by atoms with van der Waals surface area (Å²) in [6.45, 7) is 5.05. The molecule has 4 aromatic rings. The molecule has 4 rings (SSSR count). The highest BCUT2D eigenvalue weighted by Crippen LogP contribution is 2.33. The number of ether oxygens (including phenoxy) is 1. The summed E-state index contributed by atoms with van der Waals surface area (Å²) in [5.41, 5.74) is 0.969. The van der Waals surface area contributed by atoms with Crippen molar-refractivity contribution >= 4 is 28.4 Å². The van der Waals surface area contributed by atoms with E-state index in [2.05, 4.69) is 33.1 Å². The molecule has 2 heterocycles. The summed E-state index contributed by atoms with van der Waals surface area (Å²) in [6.07, 6.45) is -1.16. The van der Waals surface area contributed by atoms with E-state index in [4.69, 9.17) is 16.3 Å². The van der Waals surface area contributed by atoms with Crippen molar-refractivity contribution in [3.63, 3.8) is 0 Å². The molecule has 0 fully saturated rings. The van der Waals surface area contributed by atoms with Crippen LogP contribution in [0.25, 0.3) is 10.9 Å². The van der Waals surface area contributed by atoms with Crippen LogP contribution >= 0.6 is 11.6 Å². The average molecular weight is 544 g/mol. The van der Waals surface area contributed by atoms with Gasteiger partial charge < -0.3 is 14.6 Å². The Bertz CT molecular complexity index is 1410. The number of fused-ring (bicyclic) bond motifs is 1. The van der Waals surface area contributed by atoms with Gasteiger partial charge in [-0.15, -0.1) is 0 Å². The zero-order valence-corrected chi connectivity index (χ0v) is 22.3. The predicted molar refractivity (Wildman–Crippen MR) is 142 cm³/mol. The minimum absolute atomic E-state index is 0.0717. The van der Waals surface area contributed by atoms with Gasteiger partial charge in [0, 0.05) is 53.4 Å². The minimum atomic E-state index is -4.51. The van der Waals surface area contributed by atoms with E-state index in [0.29, 0.717) is 17.6 Å². The molecule has 200 valence electrons. The number of benzene rings is 2. The lowest BCUT2D eigenvalue weighted by Crippen LogP contribution is -2.51. The summed E-state index contributed by atoms with van der Waals surface area (Å²) in [5.74, 6) is -0.572. The Kier molecular flexibility index (Phi) is 7.74. The number of alkyl halides is 3. The van der Waals surface area contributed by atoms with E-state index in [9.17, 15) is 18.0 Å². The van der Waals surface area contributed by atoms with Gasteiger partial charge in [0.25, 0.3) is 5.91 Å². The topological polar surface area (TPSA) is 56.1 Å². The van der Waals surface area contributed by atoms with Crippen LogP contribution in [0.4, 0.5) is 13.2 Å². The zero-order chi connectivity index (χ0) is 27.7. The summed E-state index contributed by atoms with van der Waals surface area (Å²) < 4.78 is 46.4. The fraction of sp³-hybridized carbons (Fsp3) is 0.310. The number of nitrogens with one attached hydrogen (secondary N) is 1. The molecule has 0 saturated carbocycles. The Morgan fingerprint density at radius 1 is 1.08 bits per heavy atom. The molecule has 0 saturated heterocycles. The SMILES string of the molecule is CC(NC(=O)C(C)(C)Oc1ccc(C(F)(F)F)cn1)C(Cc1ccc(Cl)cc1)c1cccc2c1ccn2C. The molecule has 2 aromatic carbocycles. The van der Waals surface area contributed by atoms with Crippen LogP contribution in [0.3, 0.4) is 0 Å². The molecular weight excluding hydrogens is 515 g/mol. The first-order chi connectivity index (χ1) is 17.8. The molecular formula is C29H29ClF3N3O2. The summed E-state index contributed by atoms with van der Waals surface area (Å²) in [4.78, 5) is 17.1. The number of hydrogen-bond donors (Lipinski definition) is 1. The predicted octanol–water partition coefficient (Wildman–Crippen LogP) is 6.93. The second-order valence-corrected chi connectivity index (χ2v) is 10.3. The van der Waals surface area contributed by atoms with E-state index >= 15 is 0 Å². The molecule has 0 spiro atoms. The Hall–Kier alpha value is -3.52. The Morgan fingerprint density at radius 2 is 1.79 bits per heavy atom. The lowest BCUT2D eigenvalue weighted by atomic mass is 9.84. The smallest absolute Gasteiger partial charge is 0.417 e. The van der Waals surface area contributed by atoms with E-state index in [1.807, 2.05) is 50.5 Å². The first kappa shape index (κ1) is 27.5. The van der Waals surface area contributed by atoms with Gasteiger partial charge in [0.05, 0.1) is 5.56 Å². The first-order valence-electron chi connectivity index (χ1n) is 12.2. The molecule has 38 heavy (non-hydrogen) atoms. The lowest BCUT2D eigenvalue weighted by Gasteiger charge is -2.31. The highest BCUT2D eigenvalue weighted by Gasteiger charge is 2.35. The van der Waals surface area contributed by atoms with Crippen LogP contribution in [0.2, 0.25) is 5.02 Å². The van der Waals surface area contributed by atoms with Gasteiger partial charge in [0.15, 0.2) is 5.60 Å². The Morgan fingerprint density at radius 3 is 2.42 bits per heavy atom. The van der Waals surface area contributed by atoms with Crippen molar-refractivity contribution in [1.29, 1.82) is 0 Å². The Balaban J connectivity index is 1.57. The van der Waals surface area contributed by atoms with Crippen LogP contribution in [0.15, 0.2) is 73.1 Å². The summed E-state index contributed by atoms with van der Waals surface area (Å²) in [7, 11) is 1.99. The highest BCUT2D eigenvalue weighted by molar-refractivity contribution is 6.30. The van der Waals surface area contributed by atoms with Crippen molar-refractivity contribution in [3.05, 3.63) is 94.8 Å². The minimum Gasteiger partial charge on any atom is -0.462 e. The molecule has 2 atom stereocenters. The molecule has 1 N–H and O–H groups in total. The maximum Gasteiger partial charge on any atom is 0.417 e. The number of hydrogen-bond acceptors (Lipinski definition) is 3. The highest BCUT2D eigenvalue weighted by atomic mass is 35.5. The first-order valence-corrected chi connectivity index (χ1v) is 12.5.